The second-order valence-corrected chi connectivity index (χ2v) is 7.27. The third kappa shape index (κ3) is 14.5. The number of halogens is 1. The number of hydrogen-bond acceptors (Lipinski definition) is 1. The summed E-state index contributed by atoms with van der Waals surface area (Å²) in [6, 6.07) is 0. The summed E-state index contributed by atoms with van der Waals surface area (Å²) in [7, 11) is -3.08. The van der Waals surface area contributed by atoms with Crippen molar-refractivity contribution in [3.8, 4) is 0 Å². The molecule has 0 aliphatic heterocycles. The number of rotatable bonds is 12. The van der Waals surface area contributed by atoms with E-state index in [0.29, 0.717) is 6.54 Å². The molecular formula is C12H29ClN3OP. The summed E-state index contributed by atoms with van der Waals surface area (Å²) in [5.74, 6) is 0. The van der Waals surface area contributed by atoms with Gasteiger partial charge < -0.3 is 0 Å². The van der Waals surface area contributed by atoms with Crippen LogP contribution in [0.15, 0.2) is 0 Å². The molecule has 0 aromatic rings. The van der Waals surface area contributed by atoms with Crippen LogP contribution in [-0.2, 0) is 4.57 Å². The fraction of sp³-hybridized carbons (Fsp3) is 1.00. The first-order valence-corrected chi connectivity index (χ1v) is 9.30. The molecule has 1 atom stereocenters. The van der Waals surface area contributed by atoms with Crippen molar-refractivity contribution in [2.75, 3.05) is 6.54 Å². The molecule has 0 radical (unpaired) electrons. The number of nitrogens with one attached hydrogen (secondary N) is 1. The van der Waals surface area contributed by atoms with Crippen LogP contribution in [0.1, 0.15) is 64.7 Å². The fourth-order valence-corrected chi connectivity index (χ4v) is 2.61. The molecule has 0 amide bonds. The molecule has 4 nitrogen and oxygen atoms in total. The van der Waals surface area contributed by atoms with Crippen molar-refractivity contribution in [3.63, 3.8) is 0 Å². The van der Waals surface area contributed by atoms with Gasteiger partial charge in [0, 0.05) is 11.9 Å². The maximum Gasteiger partial charge on any atom is 0.273 e. The normalized spacial score (nSPS) is 13.8. The van der Waals surface area contributed by atoms with Crippen LogP contribution < -0.4 is 16.1 Å². The van der Waals surface area contributed by atoms with E-state index in [1.54, 1.807) is 0 Å². The van der Waals surface area contributed by atoms with E-state index in [2.05, 4.69) is 12.0 Å². The molecule has 0 heterocycles. The van der Waals surface area contributed by atoms with Crippen LogP contribution in [0.4, 0.5) is 0 Å². The molecule has 1 unspecified atom stereocenters. The lowest BCUT2D eigenvalue weighted by Gasteiger charge is -2.12. The second-order valence-electron chi connectivity index (χ2n) is 4.91. The van der Waals surface area contributed by atoms with Crippen LogP contribution in [-0.4, -0.2) is 11.9 Å². The Hall–Kier alpha value is 0.400. The molecule has 0 aromatic carbocycles. The van der Waals surface area contributed by atoms with E-state index < -0.39 is 7.59 Å². The Kier molecular flexibility index (Phi) is 11.5. The van der Waals surface area contributed by atoms with Crippen LogP contribution in [0, 0.1) is 0 Å². The average Bonchev–Trinajstić information content (AvgIpc) is 2.26. The van der Waals surface area contributed by atoms with Gasteiger partial charge in [0.2, 0.25) is 0 Å². The Morgan fingerprint density at radius 2 is 1.61 bits per heavy atom. The SMILES string of the molecule is CCCCCCCCCC(Cl)CCNP(N)(N)=O. The molecule has 6 heteroatoms. The van der Waals surface area contributed by atoms with Gasteiger partial charge in [-0.25, -0.2) is 5.09 Å². The van der Waals surface area contributed by atoms with E-state index in [0.717, 1.165) is 12.8 Å². The van der Waals surface area contributed by atoms with E-state index in [-0.39, 0.29) is 5.38 Å². The Morgan fingerprint density at radius 3 is 2.17 bits per heavy atom. The van der Waals surface area contributed by atoms with Crippen molar-refractivity contribution in [2.45, 2.75) is 70.1 Å². The zero-order valence-electron chi connectivity index (χ0n) is 11.5. The molecule has 5 N–H and O–H groups in total. The van der Waals surface area contributed by atoms with Crippen molar-refractivity contribution in [2.24, 2.45) is 11.0 Å². The van der Waals surface area contributed by atoms with Crippen LogP contribution >= 0.6 is 19.2 Å². The van der Waals surface area contributed by atoms with Gasteiger partial charge in [0.25, 0.3) is 7.59 Å². The molecule has 0 saturated carbocycles. The van der Waals surface area contributed by atoms with Gasteiger partial charge in [0.05, 0.1) is 0 Å². The lowest BCUT2D eigenvalue weighted by molar-refractivity contribution is 0.549. The molecular weight excluding hydrogens is 269 g/mol. The highest BCUT2D eigenvalue weighted by Crippen LogP contribution is 2.19. The lowest BCUT2D eigenvalue weighted by atomic mass is 10.1. The van der Waals surface area contributed by atoms with Gasteiger partial charge in [-0.2, -0.15) is 0 Å². The minimum Gasteiger partial charge on any atom is -0.271 e. The van der Waals surface area contributed by atoms with Gasteiger partial charge >= 0.3 is 0 Å². The predicted molar refractivity (Wildman–Crippen MR) is 80.9 cm³/mol. The first kappa shape index (κ1) is 18.4. The monoisotopic (exact) mass is 297 g/mol. The summed E-state index contributed by atoms with van der Waals surface area (Å²) in [6.45, 7) is 2.75. The first-order chi connectivity index (χ1) is 8.45. The first-order valence-electron chi connectivity index (χ1n) is 7.02. The molecule has 0 rings (SSSR count). The standard InChI is InChI=1S/C12H29ClN3OP/c1-2-3-4-5-6-7-8-9-12(13)10-11-16-18(14,15)17/h12H,2-11H2,1H3,(H5,14,15,16,17). The summed E-state index contributed by atoms with van der Waals surface area (Å²) < 4.78 is 11.0. The predicted octanol–water partition coefficient (Wildman–Crippen LogP) is 3.74. The fourth-order valence-electron chi connectivity index (χ4n) is 1.86. The Morgan fingerprint density at radius 1 is 1.06 bits per heavy atom. The van der Waals surface area contributed by atoms with Crippen LogP contribution in [0.25, 0.3) is 0 Å². The molecule has 0 bridgehead atoms. The van der Waals surface area contributed by atoms with Crippen molar-refractivity contribution in [1.82, 2.24) is 5.09 Å². The second kappa shape index (κ2) is 11.2. The lowest BCUT2D eigenvalue weighted by Crippen LogP contribution is -2.24. The van der Waals surface area contributed by atoms with Gasteiger partial charge in [-0.15, -0.1) is 11.6 Å². The van der Waals surface area contributed by atoms with Crippen LogP contribution in [0.3, 0.4) is 0 Å². The Labute approximate surface area is 117 Å². The summed E-state index contributed by atoms with van der Waals surface area (Å²) in [5, 5.41) is 2.73. The number of alkyl halides is 1. The summed E-state index contributed by atoms with van der Waals surface area (Å²) >= 11 is 6.16. The minimum atomic E-state index is -3.08. The molecule has 0 saturated heterocycles. The largest absolute Gasteiger partial charge is 0.273 e. The van der Waals surface area contributed by atoms with Gasteiger partial charge in [-0.3, -0.25) is 15.6 Å². The van der Waals surface area contributed by atoms with Crippen molar-refractivity contribution in [3.05, 3.63) is 0 Å². The van der Waals surface area contributed by atoms with E-state index in [9.17, 15) is 4.57 Å². The van der Waals surface area contributed by atoms with E-state index in [1.807, 2.05) is 0 Å². The van der Waals surface area contributed by atoms with Crippen molar-refractivity contribution in [1.29, 1.82) is 0 Å². The average molecular weight is 298 g/mol. The zero-order chi connectivity index (χ0) is 13.9. The molecule has 18 heavy (non-hydrogen) atoms. The smallest absolute Gasteiger partial charge is 0.271 e. The summed E-state index contributed by atoms with van der Waals surface area (Å²) in [5.41, 5.74) is 10.4. The zero-order valence-corrected chi connectivity index (χ0v) is 13.2. The highest BCUT2D eigenvalue weighted by Gasteiger charge is 2.09. The van der Waals surface area contributed by atoms with Gasteiger partial charge in [0.15, 0.2) is 0 Å². The number of hydrogen-bond donors (Lipinski definition) is 3. The van der Waals surface area contributed by atoms with Crippen LogP contribution in [0.2, 0.25) is 0 Å². The molecule has 110 valence electrons. The molecule has 0 aromatic heterocycles. The van der Waals surface area contributed by atoms with Gasteiger partial charge in [-0.05, 0) is 12.8 Å². The quantitative estimate of drug-likeness (QED) is 0.291. The maximum absolute atomic E-state index is 11.0. The highest BCUT2D eigenvalue weighted by molar-refractivity contribution is 7.56. The highest BCUT2D eigenvalue weighted by atomic mass is 35.5. The summed E-state index contributed by atoms with van der Waals surface area (Å²) in [6.07, 6.45) is 10.8. The van der Waals surface area contributed by atoms with Crippen molar-refractivity contribution < 1.29 is 4.57 Å². The molecule has 0 fully saturated rings. The Bertz CT molecular complexity index is 235. The van der Waals surface area contributed by atoms with E-state index in [4.69, 9.17) is 22.6 Å². The molecule has 0 aliphatic rings. The van der Waals surface area contributed by atoms with Gasteiger partial charge in [-0.1, -0.05) is 51.9 Å². The van der Waals surface area contributed by atoms with Crippen LogP contribution in [0.5, 0.6) is 0 Å². The van der Waals surface area contributed by atoms with Gasteiger partial charge in [0.1, 0.15) is 0 Å². The molecule has 0 spiro atoms. The van der Waals surface area contributed by atoms with Crippen molar-refractivity contribution >= 4 is 19.2 Å². The Balaban J connectivity index is 3.27. The third-order valence-electron chi connectivity index (χ3n) is 2.94. The van der Waals surface area contributed by atoms with E-state index >= 15 is 0 Å². The topological polar surface area (TPSA) is 81.1 Å². The number of unbranched alkanes of at least 4 members (excludes halogenated alkanes) is 6. The minimum absolute atomic E-state index is 0.125. The maximum atomic E-state index is 11.0. The number of nitrogens with two attached hydrogens (primary N) is 2. The summed E-state index contributed by atoms with van der Waals surface area (Å²) in [4.78, 5) is 0. The molecule has 0 aliphatic carbocycles. The van der Waals surface area contributed by atoms with E-state index in [1.165, 1.54) is 44.9 Å². The third-order valence-corrected chi connectivity index (χ3v) is 4.09.